The summed E-state index contributed by atoms with van der Waals surface area (Å²) in [7, 11) is -3.61. The Bertz CT molecular complexity index is 662. The van der Waals surface area contributed by atoms with Crippen LogP contribution in [0.5, 0.6) is 0 Å². The molecule has 1 heterocycles. The van der Waals surface area contributed by atoms with Gasteiger partial charge in [0.1, 0.15) is 4.90 Å². The lowest BCUT2D eigenvalue weighted by molar-refractivity contribution is 0.580. The molecule has 3 N–H and O–H groups in total. The fourth-order valence-corrected chi connectivity index (χ4v) is 5.78. The molecule has 0 amide bonds. The predicted molar refractivity (Wildman–Crippen MR) is 84.6 cm³/mol. The highest BCUT2D eigenvalue weighted by atomic mass is 79.9. The Morgan fingerprint density at radius 2 is 1.89 bits per heavy atom. The van der Waals surface area contributed by atoms with E-state index in [0.29, 0.717) is 14.6 Å². The minimum Gasteiger partial charge on any atom is -0.399 e. The van der Waals surface area contributed by atoms with E-state index in [4.69, 9.17) is 5.73 Å². The summed E-state index contributed by atoms with van der Waals surface area (Å²) in [4.78, 5) is 0.150. The Labute approximate surface area is 132 Å². The summed E-state index contributed by atoms with van der Waals surface area (Å²) in [5, 5.41) is 3.80. The van der Waals surface area contributed by atoms with Crippen LogP contribution in [0.4, 0.5) is 5.69 Å². The van der Waals surface area contributed by atoms with Gasteiger partial charge in [-0.15, -0.1) is 0 Å². The second-order valence-corrected chi connectivity index (χ2v) is 7.96. The average Bonchev–Trinajstić information content (AvgIpc) is 2.77. The van der Waals surface area contributed by atoms with E-state index in [1.807, 2.05) is 16.8 Å². The molecule has 0 saturated carbocycles. The second kappa shape index (κ2) is 5.92. The molecular formula is C11H10Br2N2O2S2. The van der Waals surface area contributed by atoms with Gasteiger partial charge in [0.25, 0.3) is 0 Å². The Morgan fingerprint density at radius 1 is 1.26 bits per heavy atom. The van der Waals surface area contributed by atoms with Crippen molar-refractivity contribution in [3.8, 4) is 0 Å². The minimum atomic E-state index is -3.61. The number of hydrogen-bond acceptors (Lipinski definition) is 4. The number of thiophene rings is 1. The third kappa shape index (κ3) is 3.57. The van der Waals surface area contributed by atoms with Crippen molar-refractivity contribution in [3.05, 3.63) is 43.5 Å². The molecule has 0 aliphatic heterocycles. The van der Waals surface area contributed by atoms with Gasteiger partial charge in [-0.2, -0.15) is 11.3 Å². The monoisotopic (exact) mass is 424 g/mol. The highest BCUT2D eigenvalue weighted by Crippen LogP contribution is 2.32. The molecule has 0 bridgehead atoms. The van der Waals surface area contributed by atoms with Crippen LogP contribution in [0, 0.1) is 0 Å². The molecule has 1 aromatic carbocycles. The van der Waals surface area contributed by atoms with Crippen LogP contribution in [0.25, 0.3) is 0 Å². The van der Waals surface area contributed by atoms with Crippen LogP contribution in [-0.4, -0.2) is 8.42 Å². The fraction of sp³-hybridized carbons (Fsp3) is 0.0909. The van der Waals surface area contributed by atoms with Crippen LogP contribution in [0.3, 0.4) is 0 Å². The van der Waals surface area contributed by atoms with Gasteiger partial charge in [-0.05, 0) is 66.4 Å². The van der Waals surface area contributed by atoms with Crippen molar-refractivity contribution in [1.82, 2.24) is 4.72 Å². The van der Waals surface area contributed by atoms with E-state index in [1.165, 1.54) is 11.3 Å². The van der Waals surface area contributed by atoms with Crippen LogP contribution < -0.4 is 10.5 Å². The van der Waals surface area contributed by atoms with Gasteiger partial charge >= 0.3 is 0 Å². The van der Waals surface area contributed by atoms with Crippen molar-refractivity contribution < 1.29 is 8.42 Å². The number of halogens is 2. The van der Waals surface area contributed by atoms with Crippen molar-refractivity contribution in [2.45, 2.75) is 11.4 Å². The lowest BCUT2D eigenvalue weighted by Gasteiger charge is -2.10. The predicted octanol–water partition coefficient (Wildman–Crippen LogP) is 3.33. The molecule has 2 aromatic rings. The second-order valence-electron chi connectivity index (χ2n) is 3.77. The molecule has 0 spiro atoms. The average molecular weight is 426 g/mol. The number of rotatable bonds is 4. The molecule has 19 heavy (non-hydrogen) atoms. The molecule has 4 nitrogen and oxygen atoms in total. The molecule has 0 saturated heterocycles. The molecule has 1 aromatic heterocycles. The van der Waals surface area contributed by atoms with Gasteiger partial charge in [-0.1, -0.05) is 0 Å². The molecule has 0 unspecified atom stereocenters. The molecule has 0 aliphatic rings. The minimum absolute atomic E-state index is 0.150. The summed E-state index contributed by atoms with van der Waals surface area (Å²) in [6.45, 7) is 0.259. The molecule has 0 atom stereocenters. The number of hydrogen-bond donors (Lipinski definition) is 2. The molecule has 0 radical (unpaired) electrons. The summed E-state index contributed by atoms with van der Waals surface area (Å²) in [6.07, 6.45) is 0. The van der Waals surface area contributed by atoms with Crippen LogP contribution in [0.2, 0.25) is 0 Å². The van der Waals surface area contributed by atoms with Crippen molar-refractivity contribution in [2.24, 2.45) is 0 Å². The zero-order valence-electron chi connectivity index (χ0n) is 9.56. The summed E-state index contributed by atoms with van der Waals surface area (Å²) < 4.78 is 28.0. The van der Waals surface area contributed by atoms with Gasteiger partial charge in [0.15, 0.2) is 0 Å². The summed E-state index contributed by atoms with van der Waals surface area (Å²) in [6, 6.07) is 4.99. The first kappa shape index (κ1) is 15.0. The highest BCUT2D eigenvalue weighted by Gasteiger charge is 2.21. The first-order valence-corrected chi connectivity index (χ1v) is 9.16. The third-order valence-electron chi connectivity index (χ3n) is 2.34. The van der Waals surface area contributed by atoms with Gasteiger partial charge in [0, 0.05) is 21.2 Å². The smallest absolute Gasteiger partial charge is 0.243 e. The van der Waals surface area contributed by atoms with Crippen LogP contribution >= 0.6 is 43.2 Å². The van der Waals surface area contributed by atoms with Crippen molar-refractivity contribution >= 4 is 58.9 Å². The van der Waals surface area contributed by atoms with E-state index in [-0.39, 0.29) is 11.4 Å². The number of sulfonamides is 1. The van der Waals surface area contributed by atoms with E-state index < -0.39 is 10.0 Å². The van der Waals surface area contributed by atoms with E-state index in [1.54, 1.807) is 12.1 Å². The molecule has 102 valence electrons. The third-order valence-corrected chi connectivity index (χ3v) is 6.35. The summed E-state index contributed by atoms with van der Waals surface area (Å²) in [5.41, 5.74) is 7.06. The number of nitrogens with one attached hydrogen (secondary N) is 1. The highest BCUT2D eigenvalue weighted by molar-refractivity contribution is 9.11. The Kier molecular flexibility index (Phi) is 4.67. The van der Waals surface area contributed by atoms with Crippen molar-refractivity contribution in [2.75, 3.05) is 5.73 Å². The SMILES string of the molecule is Nc1cc(Br)c(S(=O)(=O)NCc2ccsc2)c(Br)c1. The lowest BCUT2D eigenvalue weighted by Crippen LogP contribution is -2.23. The maximum atomic E-state index is 12.3. The van der Waals surface area contributed by atoms with Crippen molar-refractivity contribution in [1.29, 1.82) is 0 Å². The first-order chi connectivity index (χ1) is 8.90. The molecule has 2 rings (SSSR count). The normalized spacial score (nSPS) is 11.7. The van der Waals surface area contributed by atoms with Crippen LogP contribution in [0.15, 0.2) is 42.8 Å². The van der Waals surface area contributed by atoms with Crippen LogP contribution in [0.1, 0.15) is 5.56 Å². The lowest BCUT2D eigenvalue weighted by atomic mass is 10.3. The van der Waals surface area contributed by atoms with Gasteiger partial charge in [-0.3, -0.25) is 0 Å². The standard InChI is InChI=1S/C11H10Br2N2O2S2/c12-9-3-8(14)4-10(13)11(9)19(16,17)15-5-7-1-2-18-6-7/h1-4,6,15H,5,14H2. The molecule has 8 heteroatoms. The maximum Gasteiger partial charge on any atom is 0.243 e. The van der Waals surface area contributed by atoms with Gasteiger partial charge < -0.3 is 5.73 Å². The zero-order chi connectivity index (χ0) is 14.0. The maximum absolute atomic E-state index is 12.3. The fourth-order valence-electron chi connectivity index (χ4n) is 1.48. The largest absolute Gasteiger partial charge is 0.399 e. The molecule has 0 fully saturated rings. The first-order valence-electron chi connectivity index (χ1n) is 5.15. The van der Waals surface area contributed by atoms with Gasteiger partial charge in [0.05, 0.1) is 0 Å². The Balaban J connectivity index is 2.29. The van der Waals surface area contributed by atoms with E-state index in [2.05, 4.69) is 36.6 Å². The van der Waals surface area contributed by atoms with Crippen LogP contribution in [-0.2, 0) is 16.6 Å². The number of nitrogen functional groups attached to an aromatic ring is 1. The summed E-state index contributed by atoms with van der Waals surface area (Å²) >= 11 is 7.98. The van der Waals surface area contributed by atoms with E-state index in [0.717, 1.165) is 5.56 Å². The summed E-state index contributed by atoms with van der Waals surface area (Å²) in [5.74, 6) is 0. The number of nitrogens with two attached hydrogens (primary N) is 1. The van der Waals surface area contributed by atoms with E-state index >= 15 is 0 Å². The number of anilines is 1. The van der Waals surface area contributed by atoms with E-state index in [9.17, 15) is 8.42 Å². The topological polar surface area (TPSA) is 72.2 Å². The quantitative estimate of drug-likeness (QED) is 0.737. The zero-order valence-corrected chi connectivity index (χ0v) is 14.4. The Hall–Kier alpha value is -0.410. The number of benzene rings is 1. The Morgan fingerprint density at radius 3 is 2.42 bits per heavy atom. The molecule has 0 aliphatic carbocycles. The van der Waals surface area contributed by atoms with Gasteiger partial charge in [-0.25, -0.2) is 13.1 Å². The molecular weight excluding hydrogens is 416 g/mol. The van der Waals surface area contributed by atoms with Gasteiger partial charge in [0.2, 0.25) is 10.0 Å². The van der Waals surface area contributed by atoms with Crippen molar-refractivity contribution in [3.63, 3.8) is 0 Å².